The van der Waals surface area contributed by atoms with E-state index >= 15 is 0 Å². The molecule has 2 saturated heterocycles. The Kier molecular flexibility index (Phi) is 10.1. The number of rotatable bonds is 7. The first-order valence-corrected chi connectivity index (χ1v) is 23.9. The van der Waals surface area contributed by atoms with E-state index in [9.17, 15) is 5.11 Å². The highest BCUT2D eigenvalue weighted by Crippen LogP contribution is 2.49. The number of phenols is 1. The van der Waals surface area contributed by atoms with Crippen LogP contribution in [0.1, 0.15) is 112 Å². The molecule has 3 fully saturated rings. The maximum Gasteiger partial charge on any atom is 0.162 e. The zero-order valence-electron chi connectivity index (χ0n) is 36.7. The van der Waals surface area contributed by atoms with Crippen molar-refractivity contribution in [1.29, 1.82) is 0 Å². The van der Waals surface area contributed by atoms with Crippen molar-refractivity contribution in [2.45, 2.75) is 84.1 Å². The van der Waals surface area contributed by atoms with Crippen LogP contribution in [0.25, 0.3) is 5.00 Å². The minimum Gasteiger partial charge on any atom is -0.508 e. The van der Waals surface area contributed by atoms with Gasteiger partial charge in [0.25, 0.3) is 0 Å². The molecule has 1 N–H and O–H groups in total. The first kappa shape index (κ1) is 39.6. The fourth-order valence-electron chi connectivity index (χ4n) is 11.8. The molecule has 1 saturated carbocycles. The van der Waals surface area contributed by atoms with Gasteiger partial charge in [-0.15, -0.1) is 21.5 Å². The molecular formula is C53H59N7OS. The van der Waals surface area contributed by atoms with Crippen LogP contribution in [-0.2, 0) is 6.42 Å². The van der Waals surface area contributed by atoms with Gasteiger partial charge < -0.3 is 14.9 Å². The van der Waals surface area contributed by atoms with Crippen LogP contribution in [-0.4, -0.2) is 76.3 Å². The molecule has 6 aromatic rings. The zero-order chi connectivity index (χ0) is 42.1. The van der Waals surface area contributed by atoms with Gasteiger partial charge >= 0.3 is 0 Å². The van der Waals surface area contributed by atoms with E-state index in [-0.39, 0.29) is 12.0 Å². The molecule has 1 spiro atoms. The Balaban J connectivity index is 0.678. The summed E-state index contributed by atoms with van der Waals surface area (Å²) in [6.07, 6.45) is 7.51. The van der Waals surface area contributed by atoms with Crippen LogP contribution >= 0.6 is 11.3 Å². The number of hydrogen-bond acceptors (Lipinski definition) is 8. The molecule has 3 aliphatic heterocycles. The highest BCUT2D eigenvalue weighted by Gasteiger charge is 2.45. The Hall–Kier alpha value is -5.25. The van der Waals surface area contributed by atoms with Gasteiger partial charge in [0, 0.05) is 84.5 Å². The molecule has 4 aromatic carbocycles. The average molecular weight is 842 g/mol. The number of aliphatic imine (C=N–C) groups is 1. The number of anilines is 2. The molecule has 5 aliphatic rings. The summed E-state index contributed by atoms with van der Waals surface area (Å²) in [6, 6.07) is 35.7. The maximum atomic E-state index is 10.3. The molecule has 3 atom stereocenters. The summed E-state index contributed by atoms with van der Waals surface area (Å²) < 4.78 is 2.22. The van der Waals surface area contributed by atoms with E-state index in [4.69, 9.17) is 4.99 Å². The molecule has 5 heterocycles. The quantitative estimate of drug-likeness (QED) is 0.173. The van der Waals surface area contributed by atoms with Crippen molar-refractivity contribution < 1.29 is 5.11 Å². The second kappa shape index (κ2) is 15.8. The summed E-state index contributed by atoms with van der Waals surface area (Å²) in [7, 11) is 0. The molecular weight excluding hydrogens is 783 g/mol. The number of nitrogens with zero attached hydrogens (tertiary/aromatic N) is 7. The lowest BCUT2D eigenvalue weighted by Gasteiger charge is -2.55. The van der Waals surface area contributed by atoms with Gasteiger partial charge in [0.15, 0.2) is 5.82 Å². The van der Waals surface area contributed by atoms with Crippen molar-refractivity contribution in [1.82, 2.24) is 19.7 Å². The number of aromatic nitrogens is 3. The highest BCUT2D eigenvalue weighted by atomic mass is 32.1. The number of phenolic OH excluding ortho intramolecular Hbond substituents is 1. The predicted molar refractivity (Wildman–Crippen MR) is 253 cm³/mol. The number of thiophene rings is 1. The molecule has 0 bridgehead atoms. The second-order valence-electron chi connectivity index (χ2n) is 19.2. The minimum atomic E-state index is -0.0670. The molecule has 0 unspecified atom stereocenters. The summed E-state index contributed by atoms with van der Waals surface area (Å²) in [6.45, 7) is 16.7. The van der Waals surface area contributed by atoms with E-state index in [1.54, 1.807) is 0 Å². The van der Waals surface area contributed by atoms with E-state index in [1.165, 1.54) is 106 Å². The van der Waals surface area contributed by atoms with E-state index < -0.39 is 0 Å². The van der Waals surface area contributed by atoms with Crippen molar-refractivity contribution in [2.75, 3.05) is 55.6 Å². The Morgan fingerprint density at radius 2 is 1.47 bits per heavy atom. The summed E-state index contributed by atoms with van der Waals surface area (Å²) in [5.74, 6) is 3.73. The molecule has 2 aliphatic carbocycles. The van der Waals surface area contributed by atoms with Gasteiger partial charge in [0.2, 0.25) is 0 Å². The van der Waals surface area contributed by atoms with Crippen LogP contribution in [0.5, 0.6) is 5.75 Å². The Morgan fingerprint density at radius 1 is 0.758 bits per heavy atom. The highest BCUT2D eigenvalue weighted by molar-refractivity contribution is 7.15. The molecule has 8 nitrogen and oxygen atoms in total. The van der Waals surface area contributed by atoms with Crippen LogP contribution in [0.15, 0.2) is 102 Å². The van der Waals surface area contributed by atoms with Crippen molar-refractivity contribution in [3.8, 4) is 10.8 Å². The monoisotopic (exact) mass is 841 g/mol. The van der Waals surface area contributed by atoms with Crippen LogP contribution < -0.4 is 9.80 Å². The van der Waals surface area contributed by atoms with Crippen LogP contribution in [0.3, 0.4) is 0 Å². The lowest BCUT2D eigenvalue weighted by atomic mass is 9.65. The van der Waals surface area contributed by atoms with E-state index in [0.717, 1.165) is 62.3 Å². The van der Waals surface area contributed by atoms with Gasteiger partial charge in [0.1, 0.15) is 22.6 Å². The van der Waals surface area contributed by atoms with E-state index in [1.807, 2.05) is 30.4 Å². The summed E-state index contributed by atoms with van der Waals surface area (Å²) in [5.41, 5.74) is 13.4. The fraction of sp³-hybridized carbons (Fsp3) is 0.415. The van der Waals surface area contributed by atoms with Crippen molar-refractivity contribution in [3.05, 3.63) is 153 Å². The zero-order valence-corrected chi connectivity index (χ0v) is 37.5. The number of fused-ring (bicyclic) bond motifs is 4. The standard InChI is InChI=1S/C53H59N7OS/c1-34-36(3)62-52-48(34)50(54-35(2)51-56-55-37(4)60(51)52)41-12-17-44(18-13-41)59-32-53(33-59)24-22-38(23-25-53)31-57-26-28-58(29-27-57)43-15-10-40(11-16-43)49-46(39-8-6-5-7-9-39)20-14-42-30-45(61)19-21-47(42)49/h5-13,15-19,21,30,35,38,46,49,61H,14,20,22-29,31-33H2,1-4H3/t35-,46+,49-/m0/s1. The smallest absolute Gasteiger partial charge is 0.162 e. The fourth-order valence-corrected chi connectivity index (χ4v) is 13.0. The third-order valence-electron chi connectivity index (χ3n) is 15.4. The first-order chi connectivity index (χ1) is 30.2. The first-order valence-electron chi connectivity index (χ1n) is 23.1. The lowest BCUT2D eigenvalue weighted by Crippen LogP contribution is -2.58. The van der Waals surface area contributed by atoms with Crippen LogP contribution in [0.4, 0.5) is 11.4 Å². The Labute approximate surface area is 371 Å². The average Bonchev–Trinajstić information content (AvgIpc) is 3.78. The number of benzene rings is 4. The second-order valence-corrected chi connectivity index (χ2v) is 20.4. The van der Waals surface area contributed by atoms with E-state index in [2.05, 4.69) is 135 Å². The number of aryl methyl sites for hydroxylation is 3. The Bertz CT molecular complexity index is 2600. The number of hydrogen-bond donors (Lipinski definition) is 1. The van der Waals surface area contributed by atoms with Crippen molar-refractivity contribution in [3.63, 3.8) is 0 Å². The SMILES string of the molecule is Cc1sc2c(c1C)C(c1ccc(N3CC4(CCC(CN5CCN(c6ccc([C@@H]7c8ccc(O)cc8CC[C@@H]7c7ccccc7)cc6)CC5)CC4)C3)cc1)=N[C@@H](C)c1nnc(C)n1-2. The molecule has 2 aromatic heterocycles. The Morgan fingerprint density at radius 3 is 2.21 bits per heavy atom. The predicted octanol–water partition coefficient (Wildman–Crippen LogP) is 10.6. The number of aromatic hydroxyl groups is 1. The third-order valence-corrected chi connectivity index (χ3v) is 16.6. The van der Waals surface area contributed by atoms with Gasteiger partial charge in [-0.2, -0.15) is 0 Å². The third kappa shape index (κ3) is 7.05. The molecule has 318 valence electrons. The van der Waals surface area contributed by atoms with E-state index in [0.29, 0.717) is 17.1 Å². The minimum absolute atomic E-state index is 0.0670. The summed E-state index contributed by atoms with van der Waals surface area (Å²) in [5, 5.41) is 20.4. The molecule has 0 amide bonds. The van der Waals surface area contributed by atoms with Gasteiger partial charge in [-0.1, -0.05) is 60.7 Å². The normalized spacial score (nSPS) is 22.4. The van der Waals surface area contributed by atoms with Crippen molar-refractivity contribution in [2.24, 2.45) is 16.3 Å². The molecule has 62 heavy (non-hydrogen) atoms. The number of piperazine rings is 1. The van der Waals surface area contributed by atoms with Gasteiger partial charge in [-0.3, -0.25) is 14.5 Å². The summed E-state index contributed by atoms with van der Waals surface area (Å²) in [4.78, 5) is 14.5. The molecule has 11 rings (SSSR count). The van der Waals surface area contributed by atoms with Crippen LogP contribution in [0, 0.1) is 32.1 Å². The largest absolute Gasteiger partial charge is 0.508 e. The molecule has 9 heteroatoms. The van der Waals surface area contributed by atoms with Gasteiger partial charge in [-0.05, 0) is 142 Å². The van der Waals surface area contributed by atoms with Crippen molar-refractivity contribution >= 4 is 28.4 Å². The topological polar surface area (TPSA) is 73.0 Å². The molecule has 0 radical (unpaired) electrons. The van der Waals surface area contributed by atoms with Gasteiger partial charge in [-0.25, -0.2) is 0 Å². The van der Waals surface area contributed by atoms with Gasteiger partial charge in [0.05, 0.1) is 5.71 Å². The summed E-state index contributed by atoms with van der Waals surface area (Å²) >= 11 is 1.82. The lowest BCUT2D eigenvalue weighted by molar-refractivity contribution is 0.0890. The van der Waals surface area contributed by atoms with Crippen LogP contribution in [0.2, 0.25) is 0 Å². The maximum absolute atomic E-state index is 10.3.